The van der Waals surface area contributed by atoms with Crippen molar-refractivity contribution in [2.75, 3.05) is 52.4 Å². The maximum Gasteiger partial charge on any atom is 0.00423 e. The molecule has 2 rings (SSSR count). The first-order chi connectivity index (χ1) is 11.1. The molecule has 2 saturated heterocycles. The zero-order chi connectivity index (χ0) is 16.5. The molecule has 0 amide bonds. The van der Waals surface area contributed by atoms with Gasteiger partial charge in [0.1, 0.15) is 0 Å². The molecule has 4 heteroatoms. The lowest BCUT2D eigenvalue weighted by atomic mass is 9.92. The molecule has 23 heavy (non-hydrogen) atoms. The van der Waals surface area contributed by atoms with Gasteiger partial charge in [0.2, 0.25) is 0 Å². The van der Waals surface area contributed by atoms with E-state index in [0.717, 1.165) is 12.5 Å². The van der Waals surface area contributed by atoms with Gasteiger partial charge in [-0.25, -0.2) is 0 Å². The molecule has 0 aromatic carbocycles. The fourth-order valence-electron chi connectivity index (χ4n) is 3.94. The minimum atomic E-state index is 0.622. The summed E-state index contributed by atoms with van der Waals surface area (Å²) in [7, 11) is 0. The van der Waals surface area contributed by atoms with Crippen molar-refractivity contribution >= 4 is 0 Å². The Morgan fingerprint density at radius 2 is 1.48 bits per heavy atom. The first kappa shape index (κ1) is 19.2. The van der Waals surface area contributed by atoms with E-state index < -0.39 is 0 Å². The summed E-state index contributed by atoms with van der Waals surface area (Å²) in [5.74, 6) is 0.925. The number of rotatable bonds is 12. The Labute approximate surface area is 144 Å². The van der Waals surface area contributed by atoms with Crippen molar-refractivity contribution in [1.29, 1.82) is 0 Å². The second-order valence-electron chi connectivity index (χ2n) is 8.08. The lowest BCUT2D eigenvalue weighted by Crippen LogP contribution is -2.49. The van der Waals surface area contributed by atoms with Gasteiger partial charge in [0, 0.05) is 25.2 Å². The molecule has 2 fully saturated rings. The first-order valence-electron chi connectivity index (χ1n) is 10.0. The fourth-order valence-corrected chi connectivity index (χ4v) is 3.94. The second-order valence-corrected chi connectivity index (χ2v) is 8.08. The highest BCUT2D eigenvalue weighted by Gasteiger charge is 2.27. The Balaban J connectivity index is 1.39. The lowest BCUT2D eigenvalue weighted by molar-refractivity contribution is 0.0861. The van der Waals surface area contributed by atoms with Crippen molar-refractivity contribution in [3.8, 4) is 0 Å². The zero-order valence-electron chi connectivity index (χ0n) is 15.8. The first-order valence-corrected chi connectivity index (χ1v) is 10.0. The number of nitrogens with zero attached hydrogens (tertiary/aromatic N) is 2. The zero-order valence-corrected chi connectivity index (χ0v) is 15.8. The summed E-state index contributed by atoms with van der Waals surface area (Å²) in [6.45, 7) is 17.0. The van der Waals surface area contributed by atoms with E-state index in [1.807, 2.05) is 0 Å². The maximum absolute atomic E-state index is 3.73. The summed E-state index contributed by atoms with van der Waals surface area (Å²) in [5, 5.41) is 7.23. The molecule has 4 nitrogen and oxygen atoms in total. The highest BCUT2D eigenvalue weighted by molar-refractivity contribution is 4.82. The predicted octanol–water partition coefficient (Wildman–Crippen LogP) is 2.16. The van der Waals surface area contributed by atoms with Crippen molar-refractivity contribution in [1.82, 2.24) is 20.4 Å². The van der Waals surface area contributed by atoms with Crippen LogP contribution in [0.1, 0.15) is 52.9 Å². The van der Waals surface area contributed by atoms with Crippen LogP contribution in [0.2, 0.25) is 0 Å². The molecule has 0 spiro atoms. The van der Waals surface area contributed by atoms with Crippen LogP contribution in [0, 0.1) is 5.92 Å². The van der Waals surface area contributed by atoms with Crippen LogP contribution < -0.4 is 10.6 Å². The molecule has 1 atom stereocenters. The third-order valence-electron chi connectivity index (χ3n) is 5.27. The molecule has 0 radical (unpaired) electrons. The van der Waals surface area contributed by atoms with Crippen LogP contribution >= 0.6 is 0 Å². The maximum atomic E-state index is 3.73. The minimum Gasteiger partial charge on any atom is -0.314 e. The van der Waals surface area contributed by atoms with Gasteiger partial charge in [-0.15, -0.1) is 0 Å². The quantitative estimate of drug-likeness (QED) is 0.539. The molecule has 0 aliphatic carbocycles. The SMILES string of the molecule is CC(C)NCCCN1CC(CC(C)NCCCN2CCCC2)C1. The summed E-state index contributed by atoms with van der Waals surface area (Å²) in [5.41, 5.74) is 0. The largest absolute Gasteiger partial charge is 0.314 e. The predicted molar refractivity (Wildman–Crippen MR) is 100 cm³/mol. The van der Waals surface area contributed by atoms with Crippen molar-refractivity contribution < 1.29 is 0 Å². The molecule has 2 N–H and O–H groups in total. The number of likely N-dealkylation sites (tertiary alicyclic amines) is 2. The van der Waals surface area contributed by atoms with Gasteiger partial charge in [-0.2, -0.15) is 0 Å². The minimum absolute atomic E-state index is 0.622. The average Bonchev–Trinajstić information content (AvgIpc) is 2.98. The van der Waals surface area contributed by atoms with Gasteiger partial charge in [-0.3, -0.25) is 0 Å². The highest BCUT2D eigenvalue weighted by Crippen LogP contribution is 2.20. The molecule has 0 aromatic heterocycles. The standard InChI is InChI=1S/C19H40N4/c1-17(2)20-8-6-13-23-15-19(16-23)14-18(3)21-9-7-12-22-10-4-5-11-22/h17-21H,4-16H2,1-3H3. The summed E-state index contributed by atoms with van der Waals surface area (Å²) in [4.78, 5) is 5.23. The molecule has 2 aliphatic heterocycles. The summed E-state index contributed by atoms with van der Waals surface area (Å²) in [6.07, 6.45) is 6.77. The molecule has 0 aromatic rings. The van der Waals surface area contributed by atoms with Crippen molar-refractivity contribution in [3.05, 3.63) is 0 Å². The van der Waals surface area contributed by atoms with E-state index in [4.69, 9.17) is 0 Å². The molecular weight excluding hydrogens is 284 g/mol. The Kier molecular flexibility index (Phi) is 8.88. The molecule has 0 saturated carbocycles. The highest BCUT2D eigenvalue weighted by atomic mass is 15.2. The van der Waals surface area contributed by atoms with E-state index in [-0.39, 0.29) is 0 Å². The second kappa shape index (κ2) is 10.7. The van der Waals surface area contributed by atoms with E-state index in [0.29, 0.717) is 12.1 Å². The van der Waals surface area contributed by atoms with Crippen molar-refractivity contribution in [2.45, 2.75) is 65.0 Å². The van der Waals surface area contributed by atoms with Gasteiger partial charge in [-0.1, -0.05) is 13.8 Å². The van der Waals surface area contributed by atoms with Gasteiger partial charge in [0.25, 0.3) is 0 Å². The van der Waals surface area contributed by atoms with Gasteiger partial charge in [0.15, 0.2) is 0 Å². The van der Waals surface area contributed by atoms with E-state index >= 15 is 0 Å². The lowest BCUT2D eigenvalue weighted by Gasteiger charge is -2.40. The topological polar surface area (TPSA) is 30.5 Å². The molecule has 2 aliphatic rings. The molecule has 2 heterocycles. The summed E-state index contributed by atoms with van der Waals surface area (Å²) < 4.78 is 0. The third-order valence-corrected chi connectivity index (χ3v) is 5.27. The van der Waals surface area contributed by atoms with Gasteiger partial charge in [0.05, 0.1) is 0 Å². The molecule has 1 unspecified atom stereocenters. The Morgan fingerprint density at radius 3 is 2.13 bits per heavy atom. The van der Waals surface area contributed by atoms with E-state index in [9.17, 15) is 0 Å². The van der Waals surface area contributed by atoms with Crippen molar-refractivity contribution in [3.63, 3.8) is 0 Å². The Hall–Kier alpha value is -0.160. The van der Waals surface area contributed by atoms with Crippen molar-refractivity contribution in [2.24, 2.45) is 5.92 Å². The summed E-state index contributed by atoms with van der Waals surface area (Å²) >= 11 is 0. The molecule has 0 bridgehead atoms. The summed E-state index contributed by atoms with van der Waals surface area (Å²) in [6, 6.07) is 1.31. The van der Waals surface area contributed by atoms with Crippen LogP contribution in [0.4, 0.5) is 0 Å². The van der Waals surface area contributed by atoms with Gasteiger partial charge in [-0.05, 0) is 84.2 Å². The number of hydrogen-bond acceptors (Lipinski definition) is 4. The van der Waals surface area contributed by atoms with Crippen LogP contribution in [0.25, 0.3) is 0 Å². The number of hydrogen-bond donors (Lipinski definition) is 2. The van der Waals surface area contributed by atoms with Gasteiger partial charge < -0.3 is 20.4 Å². The van der Waals surface area contributed by atoms with Crippen LogP contribution in [0.15, 0.2) is 0 Å². The van der Waals surface area contributed by atoms with E-state index in [1.165, 1.54) is 77.9 Å². The monoisotopic (exact) mass is 324 g/mol. The Bertz CT molecular complexity index is 296. The number of nitrogens with one attached hydrogen (secondary N) is 2. The fraction of sp³-hybridized carbons (Fsp3) is 1.00. The van der Waals surface area contributed by atoms with Crippen LogP contribution in [0.3, 0.4) is 0 Å². The van der Waals surface area contributed by atoms with Crippen LogP contribution in [-0.2, 0) is 0 Å². The van der Waals surface area contributed by atoms with Gasteiger partial charge >= 0.3 is 0 Å². The normalized spacial score (nSPS) is 21.9. The molecule has 136 valence electrons. The smallest absolute Gasteiger partial charge is 0.00423 e. The average molecular weight is 325 g/mol. The Morgan fingerprint density at radius 1 is 0.870 bits per heavy atom. The third kappa shape index (κ3) is 7.97. The van der Waals surface area contributed by atoms with Crippen LogP contribution in [-0.4, -0.2) is 74.2 Å². The van der Waals surface area contributed by atoms with Crippen LogP contribution in [0.5, 0.6) is 0 Å². The van der Waals surface area contributed by atoms with E-state index in [2.05, 4.69) is 41.2 Å². The molecular formula is C19H40N4. The van der Waals surface area contributed by atoms with E-state index in [1.54, 1.807) is 0 Å².